The molecule has 0 aromatic rings. The van der Waals surface area contributed by atoms with Crippen molar-refractivity contribution in [1.29, 1.82) is 0 Å². The minimum Gasteiger partial charge on any atom is -0.462 e. The second-order valence-corrected chi connectivity index (χ2v) is 17.6. The average Bonchev–Trinajstić information content (AvgIpc) is 3.15. The largest absolute Gasteiger partial charge is 0.472 e. The highest BCUT2D eigenvalue weighted by Gasteiger charge is 2.27. The van der Waals surface area contributed by atoms with Crippen LogP contribution in [0.4, 0.5) is 0 Å². The summed E-state index contributed by atoms with van der Waals surface area (Å²) in [6.07, 6.45) is 44.5. The van der Waals surface area contributed by atoms with Crippen molar-refractivity contribution in [3.8, 4) is 0 Å². The highest BCUT2D eigenvalue weighted by Crippen LogP contribution is 2.43. The molecule has 0 amide bonds. The maximum atomic E-state index is 12.7. The van der Waals surface area contributed by atoms with E-state index in [0.717, 1.165) is 57.8 Å². The van der Waals surface area contributed by atoms with Gasteiger partial charge >= 0.3 is 19.8 Å². The Hall–Kier alpha value is -2.03. The molecule has 0 fully saturated rings. The van der Waals surface area contributed by atoms with Crippen LogP contribution in [0.25, 0.3) is 0 Å². The number of hydrogen-bond acceptors (Lipinski definition) is 7. The topological polar surface area (TPSA) is 108 Å². The lowest BCUT2D eigenvalue weighted by atomic mass is 10.1. The van der Waals surface area contributed by atoms with E-state index >= 15 is 0 Å². The number of phosphoric acid groups is 1. The van der Waals surface area contributed by atoms with Crippen molar-refractivity contribution in [1.82, 2.24) is 0 Å². The summed E-state index contributed by atoms with van der Waals surface area (Å²) in [5, 5.41) is 0. The second kappa shape index (κ2) is 38.5. The van der Waals surface area contributed by atoms with Crippen LogP contribution in [0.2, 0.25) is 0 Å². The third kappa shape index (κ3) is 41.6. The third-order valence-electron chi connectivity index (χ3n) is 9.36. The molecule has 0 bridgehead atoms. The molecule has 0 radical (unpaired) electrons. The Morgan fingerprint density at radius 1 is 0.571 bits per heavy atom. The molecule has 326 valence electrons. The fraction of sp³-hybridized carbons (Fsp3) is 0.783. The Bertz CT molecular complexity index is 1100. The van der Waals surface area contributed by atoms with Gasteiger partial charge in [-0.2, -0.15) is 0 Å². The van der Waals surface area contributed by atoms with Gasteiger partial charge in [-0.1, -0.05) is 152 Å². The van der Waals surface area contributed by atoms with Crippen LogP contribution in [0.5, 0.6) is 0 Å². The van der Waals surface area contributed by atoms with Gasteiger partial charge in [0.2, 0.25) is 0 Å². The summed E-state index contributed by atoms with van der Waals surface area (Å²) in [4.78, 5) is 35.3. The Morgan fingerprint density at radius 3 is 1.59 bits per heavy atom. The standard InChI is InChI=1S/C46H84NO8P/c1-6-8-10-12-14-16-18-20-22-23-25-26-28-30-32-34-36-38-45(48)52-42-44(43-54-56(50,51)53-41-40-47(3,4)5)55-46(49)39-37-35-33-31-29-27-24-21-19-17-15-13-11-9-7-2/h17,19,21,24-26,30,32,44H,6-16,18,20,22-23,27-29,31,33-43H2,1-5H3/p+1/b19-17+,24-21+,26-25+,32-30+/t44-/m1/s1. The zero-order valence-corrected chi connectivity index (χ0v) is 37.5. The molecule has 0 spiro atoms. The lowest BCUT2D eigenvalue weighted by Gasteiger charge is -2.24. The maximum absolute atomic E-state index is 12.7. The van der Waals surface area contributed by atoms with Gasteiger partial charge < -0.3 is 18.9 Å². The van der Waals surface area contributed by atoms with E-state index in [-0.39, 0.29) is 26.1 Å². The molecule has 0 aromatic heterocycles. The van der Waals surface area contributed by atoms with Gasteiger partial charge in [-0.15, -0.1) is 0 Å². The predicted molar refractivity (Wildman–Crippen MR) is 233 cm³/mol. The van der Waals surface area contributed by atoms with E-state index in [9.17, 15) is 19.0 Å². The number of carbonyl (C=O) groups is 2. The Labute approximate surface area is 343 Å². The number of nitrogens with zero attached hydrogens (tertiary/aromatic N) is 1. The summed E-state index contributed by atoms with van der Waals surface area (Å²) in [6, 6.07) is 0. The number of quaternary nitrogens is 1. The van der Waals surface area contributed by atoms with E-state index in [4.69, 9.17) is 18.5 Å². The number of phosphoric ester groups is 1. The number of ether oxygens (including phenoxy) is 2. The summed E-state index contributed by atoms with van der Waals surface area (Å²) in [6.45, 7) is 4.33. The summed E-state index contributed by atoms with van der Waals surface area (Å²) >= 11 is 0. The number of esters is 2. The molecule has 2 atom stereocenters. The summed E-state index contributed by atoms with van der Waals surface area (Å²) in [5.74, 6) is -0.870. The van der Waals surface area contributed by atoms with Gasteiger partial charge in [-0.3, -0.25) is 18.6 Å². The highest BCUT2D eigenvalue weighted by atomic mass is 31.2. The van der Waals surface area contributed by atoms with Crippen molar-refractivity contribution in [2.24, 2.45) is 0 Å². The number of allylic oxidation sites excluding steroid dienone is 8. The van der Waals surface area contributed by atoms with E-state index in [0.29, 0.717) is 23.9 Å². The highest BCUT2D eigenvalue weighted by molar-refractivity contribution is 7.47. The van der Waals surface area contributed by atoms with Crippen LogP contribution in [0.1, 0.15) is 181 Å². The first-order valence-electron chi connectivity index (χ1n) is 22.4. The smallest absolute Gasteiger partial charge is 0.462 e. The molecule has 0 saturated heterocycles. The molecule has 10 heteroatoms. The zero-order valence-electron chi connectivity index (χ0n) is 36.6. The third-order valence-corrected chi connectivity index (χ3v) is 10.3. The Balaban J connectivity index is 4.44. The summed E-state index contributed by atoms with van der Waals surface area (Å²) < 4.78 is 34.2. The molecule has 0 saturated carbocycles. The first-order chi connectivity index (χ1) is 27.0. The van der Waals surface area contributed by atoms with Crippen molar-refractivity contribution in [2.75, 3.05) is 47.5 Å². The lowest BCUT2D eigenvalue weighted by molar-refractivity contribution is -0.870. The van der Waals surface area contributed by atoms with E-state index in [2.05, 4.69) is 62.5 Å². The van der Waals surface area contributed by atoms with Crippen molar-refractivity contribution in [2.45, 2.75) is 187 Å². The molecule has 0 aliphatic heterocycles. The van der Waals surface area contributed by atoms with Crippen LogP contribution in [-0.2, 0) is 32.7 Å². The van der Waals surface area contributed by atoms with Crippen LogP contribution in [-0.4, -0.2) is 74.9 Å². The SMILES string of the molecule is CCCCCC/C=C/C=C/CCCCCCCC(=O)O[C@H](COC(=O)CCC/C=C/C/C=C/CCCCCCCCCCC)COP(=O)(O)OCC[N+](C)(C)C. The Morgan fingerprint density at radius 2 is 1.04 bits per heavy atom. The second-order valence-electron chi connectivity index (χ2n) is 16.1. The number of unbranched alkanes of at least 4 members (excludes halogenated alkanes) is 19. The molecule has 0 aliphatic rings. The number of carbonyl (C=O) groups excluding carboxylic acids is 2. The monoisotopic (exact) mass is 811 g/mol. The van der Waals surface area contributed by atoms with E-state index in [1.54, 1.807) is 0 Å². The zero-order chi connectivity index (χ0) is 41.4. The van der Waals surface area contributed by atoms with Gasteiger partial charge in [-0.05, 0) is 64.2 Å². The molecule has 1 N–H and O–H groups in total. The van der Waals surface area contributed by atoms with E-state index in [1.807, 2.05) is 21.1 Å². The van der Waals surface area contributed by atoms with E-state index < -0.39 is 32.5 Å². The minimum absolute atomic E-state index is 0.0212. The number of hydrogen-bond donors (Lipinski definition) is 1. The van der Waals surface area contributed by atoms with Crippen molar-refractivity contribution in [3.63, 3.8) is 0 Å². The molecule has 0 heterocycles. The summed E-state index contributed by atoms with van der Waals surface area (Å²) in [5.41, 5.74) is 0. The van der Waals surface area contributed by atoms with Crippen molar-refractivity contribution in [3.05, 3.63) is 48.6 Å². The van der Waals surface area contributed by atoms with E-state index in [1.165, 1.54) is 83.5 Å². The Kier molecular flexibility index (Phi) is 37.1. The van der Waals surface area contributed by atoms with Crippen LogP contribution < -0.4 is 0 Å². The molecular weight excluding hydrogens is 725 g/mol. The molecule has 1 unspecified atom stereocenters. The maximum Gasteiger partial charge on any atom is 0.472 e. The van der Waals surface area contributed by atoms with Gasteiger partial charge in [-0.25, -0.2) is 4.57 Å². The van der Waals surface area contributed by atoms with Gasteiger partial charge in [0.05, 0.1) is 27.7 Å². The number of rotatable bonds is 40. The fourth-order valence-electron chi connectivity index (χ4n) is 5.81. The molecule has 56 heavy (non-hydrogen) atoms. The quantitative estimate of drug-likeness (QED) is 0.0163. The van der Waals surface area contributed by atoms with Crippen molar-refractivity contribution >= 4 is 19.8 Å². The van der Waals surface area contributed by atoms with Crippen LogP contribution >= 0.6 is 7.82 Å². The average molecular weight is 811 g/mol. The molecule has 0 aromatic carbocycles. The first-order valence-corrected chi connectivity index (χ1v) is 23.9. The predicted octanol–water partition coefficient (Wildman–Crippen LogP) is 12.7. The number of likely N-dealkylation sites (N-methyl/N-ethyl adjacent to an activating group) is 1. The van der Waals surface area contributed by atoms with Gasteiger partial charge in [0.15, 0.2) is 6.10 Å². The lowest BCUT2D eigenvalue weighted by Crippen LogP contribution is -2.37. The summed E-state index contributed by atoms with van der Waals surface area (Å²) in [7, 11) is 1.44. The normalized spacial score (nSPS) is 14.0. The molecule has 9 nitrogen and oxygen atoms in total. The molecular formula is C46H85NO8P+. The van der Waals surface area contributed by atoms with Crippen LogP contribution in [0.15, 0.2) is 48.6 Å². The molecule has 0 rings (SSSR count). The molecule has 0 aliphatic carbocycles. The van der Waals surface area contributed by atoms with Gasteiger partial charge in [0, 0.05) is 12.8 Å². The van der Waals surface area contributed by atoms with Crippen LogP contribution in [0.3, 0.4) is 0 Å². The fourth-order valence-corrected chi connectivity index (χ4v) is 6.55. The minimum atomic E-state index is -4.39. The van der Waals surface area contributed by atoms with Crippen LogP contribution in [0, 0.1) is 0 Å². The van der Waals surface area contributed by atoms with Crippen molar-refractivity contribution < 1.29 is 42.1 Å². The first kappa shape index (κ1) is 54.0. The van der Waals surface area contributed by atoms with Gasteiger partial charge in [0.25, 0.3) is 0 Å². The van der Waals surface area contributed by atoms with Gasteiger partial charge in [0.1, 0.15) is 19.8 Å².